The van der Waals surface area contributed by atoms with E-state index < -0.39 is 11.7 Å². The second-order valence-corrected chi connectivity index (χ2v) is 3.99. The van der Waals surface area contributed by atoms with E-state index in [9.17, 15) is 13.2 Å². The van der Waals surface area contributed by atoms with Crippen LogP contribution in [0.15, 0.2) is 16.6 Å². The Morgan fingerprint density at radius 3 is 2.29 bits per heavy atom. The highest BCUT2D eigenvalue weighted by Gasteiger charge is 2.36. The molecule has 1 aromatic carbocycles. The minimum atomic E-state index is -4.45. The molecule has 78 valence electrons. The molecule has 1 rings (SSSR count). The monoisotopic (exact) mass is 306 g/mol. The zero-order valence-corrected chi connectivity index (χ0v) is 9.73. The summed E-state index contributed by atoms with van der Waals surface area (Å²) in [7, 11) is 0. The molecule has 0 N–H and O–H groups in total. The Bertz CT molecular complexity index is 349. The normalized spacial score (nSPS) is 11.9. The van der Waals surface area contributed by atoms with Crippen molar-refractivity contribution in [2.24, 2.45) is 0 Å². The Labute approximate surface area is 97.1 Å². The Hall–Kier alpha value is 0.0700. The van der Waals surface area contributed by atoms with E-state index in [-0.39, 0.29) is 20.9 Å². The van der Waals surface area contributed by atoms with E-state index in [0.29, 0.717) is 0 Å². The summed E-state index contributed by atoms with van der Waals surface area (Å²) in [5, 5.41) is 0.0196. The van der Waals surface area contributed by atoms with E-state index in [4.69, 9.17) is 23.2 Å². The van der Waals surface area contributed by atoms with Gasteiger partial charge in [-0.2, -0.15) is 13.2 Å². The topological polar surface area (TPSA) is 0 Å². The van der Waals surface area contributed by atoms with Crippen LogP contribution >= 0.6 is 39.1 Å². The smallest absolute Gasteiger partial charge is 0.166 e. The van der Waals surface area contributed by atoms with Crippen molar-refractivity contribution in [3.63, 3.8) is 0 Å². The van der Waals surface area contributed by atoms with Crippen LogP contribution in [0.4, 0.5) is 13.2 Å². The lowest BCUT2D eigenvalue weighted by molar-refractivity contribution is -0.138. The summed E-state index contributed by atoms with van der Waals surface area (Å²) < 4.78 is 37.4. The van der Waals surface area contributed by atoms with Gasteiger partial charge in [0, 0.05) is 10.4 Å². The molecule has 0 radical (unpaired) electrons. The van der Waals surface area contributed by atoms with Gasteiger partial charge in [0.1, 0.15) is 0 Å². The first kappa shape index (κ1) is 12.1. The first-order valence-electron chi connectivity index (χ1n) is 3.48. The molecule has 0 aromatic heterocycles. The van der Waals surface area contributed by atoms with Gasteiger partial charge in [0.15, 0.2) is 0 Å². The maximum atomic E-state index is 12.5. The first-order valence-corrected chi connectivity index (χ1v) is 5.18. The number of halogens is 6. The molecule has 1 aromatic rings. The zero-order chi connectivity index (χ0) is 10.9. The van der Waals surface area contributed by atoms with E-state index in [1.165, 1.54) is 12.1 Å². The molecule has 0 aliphatic rings. The van der Waals surface area contributed by atoms with Crippen molar-refractivity contribution in [1.82, 2.24) is 0 Å². The van der Waals surface area contributed by atoms with Crippen LogP contribution in [0.25, 0.3) is 0 Å². The predicted octanol–water partition coefficient (Wildman–Crippen LogP) is 4.86. The summed E-state index contributed by atoms with van der Waals surface area (Å²) in [4.78, 5) is 0. The van der Waals surface area contributed by atoms with Gasteiger partial charge in [0.2, 0.25) is 0 Å². The second-order valence-electron chi connectivity index (χ2n) is 2.53. The Morgan fingerprint density at radius 2 is 1.86 bits per heavy atom. The van der Waals surface area contributed by atoms with Crippen LogP contribution in [0.5, 0.6) is 0 Å². The van der Waals surface area contributed by atoms with Gasteiger partial charge in [-0.15, -0.1) is 11.6 Å². The number of hydrogen-bond acceptors (Lipinski definition) is 0. The van der Waals surface area contributed by atoms with Crippen LogP contribution in [0.1, 0.15) is 11.1 Å². The number of benzene rings is 1. The Morgan fingerprint density at radius 1 is 1.29 bits per heavy atom. The molecular weight excluding hydrogens is 304 g/mol. The minimum Gasteiger partial charge on any atom is -0.166 e. The van der Waals surface area contributed by atoms with Crippen molar-refractivity contribution in [1.29, 1.82) is 0 Å². The lowest BCUT2D eigenvalue weighted by Gasteiger charge is -2.13. The Kier molecular flexibility index (Phi) is 3.72. The van der Waals surface area contributed by atoms with E-state index >= 15 is 0 Å². The fourth-order valence-corrected chi connectivity index (χ4v) is 2.00. The van der Waals surface area contributed by atoms with Crippen molar-refractivity contribution in [3.05, 3.63) is 32.8 Å². The summed E-state index contributed by atoms with van der Waals surface area (Å²) in [5.74, 6) is -0.204. The van der Waals surface area contributed by atoms with Crippen LogP contribution in [-0.2, 0) is 12.1 Å². The molecule has 0 heterocycles. The molecule has 0 bridgehead atoms. The fraction of sp³-hybridized carbons (Fsp3) is 0.250. The number of rotatable bonds is 1. The third-order valence-electron chi connectivity index (χ3n) is 1.61. The molecule has 0 nitrogen and oxygen atoms in total. The molecule has 0 aliphatic carbocycles. The van der Waals surface area contributed by atoms with E-state index in [1.807, 2.05) is 0 Å². The van der Waals surface area contributed by atoms with Crippen LogP contribution < -0.4 is 0 Å². The number of hydrogen-bond donors (Lipinski definition) is 0. The lowest BCUT2D eigenvalue weighted by atomic mass is 10.1. The molecule has 0 fully saturated rings. The maximum absolute atomic E-state index is 12.5. The highest BCUT2D eigenvalue weighted by atomic mass is 79.9. The lowest BCUT2D eigenvalue weighted by Crippen LogP contribution is -2.09. The van der Waals surface area contributed by atoms with Crippen molar-refractivity contribution >= 4 is 39.1 Å². The summed E-state index contributed by atoms with van der Waals surface area (Å²) in [6.07, 6.45) is -4.45. The molecule has 14 heavy (non-hydrogen) atoms. The van der Waals surface area contributed by atoms with Crippen molar-refractivity contribution in [2.75, 3.05) is 0 Å². The molecule has 0 aliphatic heterocycles. The van der Waals surface area contributed by atoms with Crippen molar-refractivity contribution in [2.45, 2.75) is 12.1 Å². The molecule has 6 heteroatoms. The van der Waals surface area contributed by atoms with E-state index in [2.05, 4.69) is 15.9 Å². The third kappa shape index (κ3) is 2.35. The summed E-state index contributed by atoms with van der Waals surface area (Å²) >= 11 is 13.8. The standard InChI is InChI=1S/C8H4BrCl2F3/c9-7-5(11)2-1-4(3-10)6(7)8(12,13)14/h1-2H,3H2. The van der Waals surface area contributed by atoms with Gasteiger partial charge in [-0.1, -0.05) is 17.7 Å². The minimum absolute atomic E-state index is 0.00967. The zero-order valence-electron chi connectivity index (χ0n) is 6.63. The van der Waals surface area contributed by atoms with Gasteiger partial charge in [0.25, 0.3) is 0 Å². The third-order valence-corrected chi connectivity index (χ3v) is 3.26. The molecule has 0 unspecified atom stereocenters. The molecular formula is C8H4BrCl2F3. The summed E-state index contributed by atoms with van der Waals surface area (Å²) in [6, 6.07) is 2.64. The van der Waals surface area contributed by atoms with Crippen molar-refractivity contribution in [3.8, 4) is 0 Å². The van der Waals surface area contributed by atoms with Crippen LogP contribution in [0.3, 0.4) is 0 Å². The van der Waals surface area contributed by atoms with E-state index in [1.54, 1.807) is 0 Å². The quantitative estimate of drug-likeness (QED) is 0.650. The largest absolute Gasteiger partial charge is 0.417 e. The molecule has 0 spiro atoms. The van der Waals surface area contributed by atoms with Crippen molar-refractivity contribution < 1.29 is 13.2 Å². The van der Waals surface area contributed by atoms with Crippen LogP contribution in [0.2, 0.25) is 5.02 Å². The molecule has 0 amide bonds. The first-order chi connectivity index (χ1) is 6.38. The Balaban J connectivity index is 3.44. The van der Waals surface area contributed by atoms with E-state index in [0.717, 1.165) is 0 Å². The van der Waals surface area contributed by atoms with Gasteiger partial charge in [-0.3, -0.25) is 0 Å². The summed E-state index contributed by atoms with van der Waals surface area (Å²) in [6.45, 7) is 0. The van der Waals surface area contributed by atoms with Gasteiger partial charge in [-0.25, -0.2) is 0 Å². The maximum Gasteiger partial charge on any atom is 0.417 e. The number of alkyl halides is 4. The molecule has 0 saturated heterocycles. The highest BCUT2D eigenvalue weighted by molar-refractivity contribution is 9.10. The predicted molar refractivity (Wildman–Crippen MR) is 53.7 cm³/mol. The average molecular weight is 308 g/mol. The summed E-state index contributed by atoms with van der Waals surface area (Å²) in [5.41, 5.74) is -0.796. The molecule has 0 atom stereocenters. The van der Waals surface area contributed by atoms with Crippen LogP contribution in [0, 0.1) is 0 Å². The molecule has 0 saturated carbocycles. The highest BCUT2D eigenvalue weighted by Crippen LogP contribution is 2.41. The fourth-order valence-electron chi connectivity index (χ4n) is 1.01. The SMILES string of the molecule is FC(F)(F)c1c(CCl)ccc(Cl)c1Br. The van der Waals surface area contributed by atoms with Gasteiger partial charge < -0.3 is 0 Å². The van der Waals surface area contributed by atoms with Gasteiger partial charge in [-0.05, 0) is 27.6 Å². The van der Waals surface area contributed by atoms with Gasteiger partial charge in [0.05, 0.1) is 10.6 Å². The van der Waals surface area contributed by atoms with Crippen LogP contribution in [-0.4, -0.2) is 0 Å². The average Bonchev–Trinajstić information content (AvgIpc) is 2.07. The second kappa shape index (κ2) is 4.29. The van der Waals surface area contributed by atoms with Gasteiger partial charge >= 0.3 is 6.18 Å².